The Morgan fingerprint density at radius 1 is 1.12 bits per heavy atom. The molecule has 0 unspecified atom stereocenters. The van der Waals surface area contributed by atoms with E-state index in [0.717, 1.165) is 50.6 Å². The van der Waals surface area contributed by atoms with Gasteiger partial charge in [-0.25, -0.2) is 4.98 Å². The Morgan fingerprint density at radius 3 is 2.48 bits per heavy atom. The third kappa shape index (κ3) is 13.4. The lowest BCUT2D eigenvalue weighted by molar-refractivity contribution is 0.0487. The van der Waals surface area contributed by atoms with Gasteiger partial charge in [0, 0.05) is 44.2 Å². The molecule has 1 heterocycles. The molecule has 0 bridgehead atoms. The third-order valence-corrected chi connectivity index (χ3v) is 4.33. The first-order chi connectivity index (χ1) is 11.8. The molecule has 0 atom stereocenters. The van der Waals surface area contributed by atoms with E-state index in [2.05, 4.69) is 32.9 Å². The number of aliphatic imine (C=N–C) groups is 1. The fourth-order valence-corrected chi connectivity index (χ4v) is 2.81. The second kappa shape index (κ2) is 17.0. The molecule has 2 N–H and O–H groups in total. The molecule has 0 aliphatic rings. The van der Waals surface area contributed by atoms with Crippen molar-refractivity contribution < 1.29 is 9.47 Å². The first-order valence-electron chi connectivity index (χ1n) is 8.77. The van der Waals surface area contributed by atoms with Gasteiger partial charge >= 0.3 is 0 Å². The number of guanidine groups is 1. The van der Waals surface area contributed by atoms with Crippen LogP contribution in [0.5, 0.6) is 0 Å². The highest BCUT2D eigenvalue weighted by Crippen LogP contribution is 2.10. The van der Waals surface area contributed by atoms with E-state index in [1.54, 1.807) is 18.4 Å². The highest BCUT2D eigenvalue weighted by Gasteiger charge is 2.00. The van der Waals surface area contributed by atoms with E-state index in [1.165, 1.54) is 11.4 Å². The molecule has 0 saturated carbocycles. The smallest absolute Gasteiger partial charge is 0.191 e. The Morgan fingerprint density at radius 2 is 1.84 bits per heavy atom. The predicted octanol–water partition coefficient (Wildman–Crippen LogP) is 3.00. The zero-order chi connectivity index (χ0) is 17.5. The molecule has 0 radical (unpaired) electrons. The van der Waals surface area contributed by atoms with Crippen molar-refractivity contribution in [3.8, 4) is 0 Å². The van der Waals surface area contributed by atoms with E-state index in [-0.39, 0.29) is 24.0 Å². The van der Waals surface area contributed by atoms with Gasteiger partial charge in [-0.15, -0.1) is 35.3 Å². The summed E-state index contributed by atoms with van der Waals surface area (Å²) >= 11 is 1.73. The number of halogens is 1. The lowest BCUT2D eigenvalue weighted by Gasteiger charge is -2.12. The van der Waals surface area contributed by atoms with Crippen LogP contribution in [0.2, 0.25) is 0 Å². The Bertz CT molecular complexity index is 458. The van der Waals surface area contributed by atoms with E-state index in [9.17, 15) is 0 Å². The van der Waals surface area contributed by atoms with Crippen molar-refractivity contribution in [2.24, 2.45) is 4.99 Å². The maximum Gasteiger partial charge on any atom is 0.191 e. The van der Waals surface area contributed by atoms with Crippen molar-refractivity contribution in [2.45, 2.75) is 39.5 Å². The number of ether oxygens (including phenoxy) is 2. The zero-order valence-electron chi connectivity index (χ0n) is 15.7. The van der Waals surface area contributed by atoms with Gasteiger partial charge in [0.15, 0.2) is 5.96 Å². The van der Waals surface area contributed by atoms with Crippen molar-refractivity contribution in [1.29, 1.82) is 0 Å². The summed E-state index contributed by atoms with van der Waals surface area (Å²) in [5, 5.41) is 9.85. The number of aromatic nitrogens is 1. The zero-order valence-corrected chi connectivity index (χ0v) is 18.8. The molecule has 1 aromatic rings. The van der Waals surface area contributed by atoms with Gasteiger partial charge in [0.05, 0.1) is 24.8 Å². The molecule has 0 saturated heterocycles. The Labute approximate surface area is 173 Å². The predicted molar refractivity (Wildman–Crippen MR) is 116 cm³/mol. The van der Waals surface area contributed by atoms with Crippen molar-refractivity contribution in [1.82, 2.24) is 15.6 Å². The number of aryl methyl sites for hydroxylation is 2. The molecule has 0 amide bonds. The summed E-state index contributed by atoms with van der Waals surface area (Å²) in [4.78, 5) is 8.67. The summed E-state index contributed by atoms with van der Waals surface area (Å²) in [6.45, 7) is 8.60. The van der Waals surface area contributed by atoms with Gasteiger partial charge in [-0.1, -0.05) is 13.3 Å². The SMILES string of the molecule is CCCCOCCOCCNC(=NC)NCCCc1nc(C)cs1.I. The fraction of sp³-hybridized carbons (Fsp3) is 0.765. The van der Waals surface area contributed by atoms with Crippen LogP contribution < -0.4 is 10.6 Å². The van der Waals surface area contributed by atoms with E-state index < -0.39 is 0 Å². The number of hydrogen-bond donors (Lipinski definition) is 2. The molecule has 146 valence electrons. The van der Waals surface area contributed by atoms with Crippen molar-refractivity contribution >= 4 is 41.3 Å². The summed E-state index contributed by atoms with van der Waals surface area (Å²) in [5.74, 6) is 0.813. The molecule has 0 spiro atoms. The molecule has 0 fully saturated rings. The summed E-state index contributed by atoms with van der Waals surface area (Å²) in [5.41, 5.74) is 1.11. The van der Waals surface area contributed by atoms with Gasteiger partial charge in [0.2, 0.25) is 0 Å². The van der Waals surface area contributed by atoms with E-state index in [0.29, 0.717) is 19.8 Å². The van der Waals surface area contributed by atoms with Crippen molar-refractivity contribution in [2.75, 3.05) is 46.6 Å². The maximum absolute atomic E-state index is 5.52. The van der Waals surface area contributed by atoms with Crippen LogP contribution in [0.4, 0.5) is 0 Å². The summed E-state index contributed by atoms with van der Waals surface area (Å²) in [6.07, 6.45) is 4.33. The monoisotopic (exact) mass is 484 g/mol. The number of thiazole rings is 1. The van der Waals surface area contributed by atoms with Gasteiger partial charge in [-0.05, 0) is 19.8 Å². The number of rotatable bonds is 13. The van der Waals surface area contributed by atoms with Crippen LogP contribution in [0, 0.1) is 6.92 Å². The van der Waals surface area contributed by atoms with Crippen LogP contribution >= 0.6 is 35.3 Å². The molecule has 1 rings (SSSR count). The van der Waals surface area contributed by atoms with Crippen LogP contribution in [0.25, 0.3) is 0 Å². The minimum atomic E-state index is 0. The molecule has 0 aromatic carbocycles. The Kier molecular flexibility index (Phi) is 16.7. The van der Waals surface area contributed by atoms with Gasteiger partial charge in [-0.2, -0.15) is 0 Å². The van der Waals surface area contributed by atoms with Gasteiger partial charge in [0.1, 0.15) is 0 Å². The first kappa shape index (κ1) is 24.6. The fourth-order valence-electron chi connectivity index (χ4n) is 1.99. The summed E-state index contributed by atoms with van der Waals surface area (Å²) in [6, 6.07) is 0. The highest BCUT2D eigenvalue weighted by molar-refractivity contribution is 14.0. The van der Waals surface area contributed by atoms with Crippen LogP contribution in [-0.2, 0) is 15.9 Å². The lowest BCUT2D eigenvalue weighted by atomic mass is 10.3. The van der Waals surface area contributed by atoms with Crippen LogP contribution in [0.15, 0.2) is 10.4 Å². The van der Waals surface area contributed by atoms with Crippen LogP contribution in [0.1, 0.15) is 36.9 Å². The van der Waals surface area contributed by atoms with Gasteiger partial charge in [-0.3, -0.25) is 4.99 Å². The normalized spacial score (nSPS) is 11.2. The summed E-state index contributed by atoms with van der Waals surface area (Å²) < 4.78 is 11.0. The van der Waals surface area contributed by atoms with Crippen LogP contribution in [0.3, 0.4) is 0 Å². The van der Waals surface area contributed by atoms with E-state index in [4.69, 9.17) is 9.47 Å². The molecular weight excluding hydrogens is 451 g/mol. The minimum Gasteiger partial charge on any atom is -0.379 e. The average molecular weight is 484 g/mol. The topological polar surface area (TPSA) is 67.8 Å². The van der Waals surface area contributed by atoms with Crippen LogP contribution in [-0.4, -0.2) is 57.5 Å². The molecule has 1 aromatic heterocycles. The molecular formula is C17H33IN4O2S. The standard InChI is InChI=1S/C17H32N4O2S.HI/c1-4-5-10-22-12-13-23-11-9-20-17(18-3)19-8-6-7-16-21-15(2)14-24-16;/h14H,4-13H2,1-3H3,(H2,18,19,20);1H. The molecule has 25 heavy (non-hydrogen) atoms. The molecule has 6 nitrogen and oxygen atoms in total. The number of nitrogens with one attached hydrogen (secondary N) is 2. The van der Waals surface area contributed by atoms with E-state index in [1.807, 2.05) is 6.92 Å². The largest absolute Gasteiger partial charge is 0.379 e. The van der Waals surface area contributed by atoms with E-state index >= 15 is 0 Å². The Hall–Kier alpha value is -0.450. The third-order valence-electron chi connectivity index (χ3n) is 3.30. The molecule has 0 aliphatic heterocycles. The second-order valence-electron chi connectivity index (χ2n) is 5.49. The first-order valence-corrected chi connectivity index (χ1v) is 9.65. The number of hydrogen-bond acceptors (Lipinski definition) is 5. The van der Waals surface area contributed by atoms with Crippen molar-refractivity contribution in [3.63, 3.8) is 0 Å². The maximum atomic E-state index is 5.52. The van der Waals surface area contributed by atoms with Gasteiger partial charge in [0.25, 0.3) is 0 Å². The molecule has 8 heteroatoms. The highest BCUT2D eigenvalue weighted by atomic mass is 127. The second-order valence-corrected chi connectivity index (χ2v) is 6.43. The molecule has 0 aliphatic carbocycles. The Balaban J connectivity index is 0.00000576. The average Bonchev–Trinajstić information content (AvgIpc) is 3.00. The van der Waals surface area contributed by atoms with Gasteiger partial charge < -0.3 is 20.1 Å². The lowest BCUT2D eigenvalue weighted by Crippen LogP contribution is -2.39. The quantitative estimate of drug-likeness (QED) is 0.195. The number of unbranched alkanes of at least 4 members (excludes halogenated alkanes) is 1. The minimum absolute atomic E-state index is 0. The number of nitrogens with zero attached hydrogens (tertiary/aromatic N) is 2. The van der Waals surface area contributed by atoms with Crippen molar-refractivity contribution in [3.05, 3.63) is 16.1 Å². The summed E-state index contributed by atoms with van der Waals surface area (Å²) in [7, 11) is 1.78.